The fourth-order valence-corrected chi connectivity index (χ4v) is 10.7. The summed E-state index contributed by atoms with van der Waals surface area (Å²) in [5.41, 5.74) is 17.8. The summed E-state index contributed by atoms with van der Waals surface area (Å²) in [7, 11) is 0. The van der Waals surface area contributed by atoms with Crippen molar-refractivity contribution < 1.29 is 4.42 Å². The van der Waals surface area contributed by atoms with Crippen LogP contribution in [-0.2, 0) is 5.41 Å². The SMILES string of the molecule is C1=C2C(=CCC1)C1(c3cc(C4N=C(c5ccc(-c6cccc7c6oc6ccccc67)cc5)NC(c5ccccc5)N4)ccc32)c2ccccc2-c2cc3ccccc3cc21. The molecule has 0 fully saturated rings. The second-order valence-electron chi connectivity index (χ2n) is 16.6. The van der Waals surface area contributed by atoms with Gasteiger partial charge in [-0.1, -0.05) is 170 Å². The third-order valence-corrected chi connectivity index (χ3v) is 13.4. The molecule has 13 rings (SSSR count). The lowest BCUT2D eigenvalue weighted by Crippen LogP contribution is -2.45. The molecular formula is C56H39N3O. The van der Waals surface area contributed by atoms with Crippen molar-refractivity contribution in [1.82, 2.24) is 10.6 Å². The van der Waals surface area contributed by atoms with E-state index in [9.17, 15) is 0 Å². The molecule has 1 aromatic heterocycles. The number of furan rings is 1. The molecule has 3 unspecified atom stereocenters. The van der Waals surface area contributed by atoms with Gasteiger partial charge in [0.15, 0.2) is 0 Å². The van der Waals surface area contributed by atoms with Crippen molar-refractivity contribution >= 4 is 44.1 Å². The second-order valence-corrected chi connectivity index (χ2v) is 16.6. The number of allylic oxidation sites excluding steroid dienone is 4. The Morgan fingerprint density at radius 2 is 1.23 bits per heavy atom. The van der Waals surface area contributed by atoms with Gasteiger partial charge in [0.05, 0.1) is 5.41 Å². The molecule has 2 N–H and O–H groups in total. The lowest BCUT2D eigenvalue weighted by molar-refractivity contribution is 0.408. The fourth-order valence-electron chi connectivity index (χ4n) is 10.7. The van der Waals surface area contributed by atoms with Gasteiger partial charge in [-0.25, -0.2) is 4.99 Å². The van der Waals surface area contributed by atoms with E-state index in [2.05, 4.69) is 187 Å². The molecule has 284 valence electrons. The van der Waals surface area contributed by atoms with Gasteiger partial charge in [-0.05, 0) is 103 Å². The molecule has 8 aromatic carbocycles. The van der Waals surface area contributed by atoms with E-state index in [1.165, 1.54) is 55.3 Å². The first-order valence-electron chi connectivity index (χ1n) is 21.1. The average molecular weight is 770 g/mol. The Labute approximate surface area is 348 Å². The average Bonchev–Trinajstić information content (AvgIpc) is 3.95. The third-order valence-electron chi connectivity index (χ3n) is 13.4. The molecule has 1 spiro atoms. The minimum Gasteiger partial charge on any atom is -0.455 e. The smallest absolute Gasteiger partial charge is 0.143 e. The normalized spacial score (nSPS) is 20.0. The molecule has 2 heterocycles. The van der Waals surface area contributed by atoms with Crippen LogP contribution in [0.15, 0.2) is 203 Å². The molecule has 4 nitrogen and oxygen atoms in total. The Morgan fingerprint density at radius 1 is 0.517 bits per heavy atom. The molecule has 3 aliphatic carbocycles. The number of rotatable bonds is 4. The summed E-state index contributed by atoms with van der Waals surface area (Å²) in [6.07, 6.45) is 6.65. The van der Waals surface area contributed by atoms with E-state index < -0.39 is 5.41 Å². The molecular weight excluding hydrogens is 731 g/mol. The molecule has 0 amide bonds. The Balaban J connectivity index is 0.957. The summed E-state index contributed by atoms with van der Waals surface area (Å²) in [6, 6.07) is 64.0. The van der Waals surface area contributed by atoms with Crippen molar-refractivity contribution in [2.75, 3.05) is 0 Å². The number of nitrogens with zero attached hydrogens (tertiary/aromatic N) is 1. The van der Waals surface area contributed by atoms with E-state index in [1.54, 1.807) is 0 Å². The summed E-state index contributed by atoms with van der Waals surface area (Å²) in [5, 5.41) is 12.5. The maximum Gasteiger partial charge on any atom is 0.143 e. The zero-order chi connectivity index (χ0) is 39.4. The summed E-state index contributed by atoms with van der Waals surface area (Å²) < 4.78 is 6.41. The van der Waals surface area contributed by atoms with E-state index in [4.69, 9.17) is 9.41 Å². The van der Waals surface area contributed by atoms with E-state index >= 15 is 0 Å². The molecule has 3 atom stereocenters. The Kier molecular flexibility index (Phi) is 7.22. The lowest BCUT2D eigenvalue weighted by atomic mass is 9.69. The van der Waals surface area contributed by atoms with Crippen LogP contribution in [0.3, 0.4) is 0 Å². The van der Waals surface area contributed by atoms with Gasteiger partial charge in [0.2, 0.25) is 0 Å². The van der Waals surface area contributed by atoms with Gasteiger partial charge in [0, 0.05) is 21.9 Å². The number of benzene rings is 8. The second kappa shape index (κ2) is 12.9. The first-order valence-corrected chi connectivity index (χ1v) is 21.1. The number of hydrogen-bond donors (Lipinski definition) is 2. The van der Waals surface area contributed by atoms with E-state index in [0.29, 0.717) is 0 Å². The molecule has 0 saturated carbocycles. The van der Waals surface area contributed by atoms with Crippen molar-refractivity contribution in [2.24, 2.45) is 4.99 Å². The van der Waals surface area contributed by atoms with Gasteiger partial charge in [-0.15, -0.1) is 0 Å². The summed E-state index contributed by atoms with van der Waals surface area (Å²) in [5.74, 6) is 0.860. The lowest BCUT2D eigenvalue weighted by Gasteiger charge is -2.34. The molecule has 0 radical (unpaired) electrons. The highest BCUT2D eigenvalue weighted by molar-refractivity contribution is 6.10. The van der Waals surface area contributed by atoms with Gasteiger partial charge >= 0.3 is 0 Å². The topological polar surface area (TPSA) is 49.6 Å². The summed E-state index contributed by atoms with van der Waals surface area (Å²) in [4.78, 5) is 5.49. The Bertz CT molecular complexity index is 3330. The maximum absolute atomic E-state index is 6.41. The number of amidine groups is 1. The zero-order valence-electron chi connectivity index (χ0n) is 32.8. The van der Waals surface area contributed by atoms with Crippen molar-refractivity contribution in [3.8, 4) is 22.3 Å². The van der Waals surface area contributed by atoms with Crippen LogP contribution in [0.5, 0.6) is 0 Å². The van der Waals surface area contributed by atoms with Crippen molar-refractivity contribution in [3.05, 3.63) is 233 Å². The van der Waals surface area contributed by atoms with Crippen LogP contribution in [0.1, 0.15) is 64.1 Å². The number of fused-ring (bicyclic) bond motifs is 14. The number of para-hydroxylation sites is 2. The minimum atomic E-state index is -0.412. The Hall–Kier alpha value is -7.27. The van der Waals surface area contributed by atoms with Crippen molar-refractivity contribution in [1.29, 1.82) is 0 Å². The molecule has 60 heavy (non-hydrogen) atoms. The quantitative estimate of drug-likeness (QED) is 0.187. The predicted molar refractivity (Wildman–Crippen MR) is 245 cm³/mol. The summed E-state index contributed by atoms with van der Waals surface area (Å²) in [6.45, 7) is 0. The van der Waals surface area contributed by atoms with Crippen LogP contribution in [0.25, 0.3) is 60.5 Å². The minimum absolute atomic E-state index is 0.151. The molecule has 0 saturated heterocycles. The largest absolute Gasteiger partial charge is 0.455 e. The number of hydrogen-bond acceptors (Lipinski definition) is 4. The monoisotopic (exact) mass is 769 g/mol. The molecule has 9 aromatic rings. The molecule has 4 heteroatoms. The van der Waals surface area contributed by atoms with E-state index in [-0.39, 0.29) is 12.3 Å². The van der Waals surface area contributed by atoms with Gasteiger partial charge < -0.3 is 9.73 Å². The fraction of sp³-hybridized carbons (Fsp3) is 0.0893. The standard InChI is InChI=1S/C56H39N3O/c1-2-13-35(14-3-1)53-57-54(36-27-25-34(26-28-36)40-20-12-21-45-44-19-8-11-24-51(44)60-52(40)45)59-55(58-53)39-29-30-43-41-17-6-9-22-47(41)56(49(43)33-39)48-23-10-7-18-42(48)46-31-37-15-4-5-16-38(37)32-50(46)56/h1-5,7-8,10-33,53,55,58H,6,9H2,(H,57,59). The number of nitrogens with one attached hydrogen (secondary N) is 2. The van der Waals surface area contributed by atoms with Gasteiger partial charge in [0.1, 0.15) is 29.3 Å². The zero-order valence-corrected chi connectivity index (χ0v) is 32.8. The van der Waals surface area contributed by atoms with Crippen LogP contribution < -0.4 is 10.6 Å². The number of aliphatic imine (C=N–C) groups is 1. The van der Waals surface area contributed by atoms with Crippen LogP contribution in [0.2, 0.25) is 0 Å². The maximum atomic E-state index is 6.41. The molecule has 0 bridgehead atoms. The van der Waals surface area contributed by atoms with Crippen molar-refractivity contribution in [3.63, 3.8) is 0 Å². The van der Waals surface area contributed by atoms with Gasteiger partial charge in [-0.2, -0.15) is 0 Å². The van der Waals surface area contributed by atoms with Crippen LogP contribution in [0, 0.1) is 0 Å². The van der Waals surface area contributed by atoms with Crippen molar-refractivity contribution in [2.45, 2.75) is 30.6 Å². The van der Waals surface area contributed by atoms with E-state index in [0.717, 1.165) is 68.4 Å². The Morgan fingerprint density at radius 3 is 2.13 bits per heavy atom. The van der Waals surface area contributed by atoms with Crippen LogP contribution >= 0.6 is 0 Å². The highest BCUT2D eigenvalue weighted by atomic mass is 16.3. The van der Waals surface area contributed by atoms with E-state index in [1.807, 2.05) is 12.1 Å². The molecule has 4 aliphatic rings. The first kappa shape index (κ1) is 33.7. The van der Waals surface area contributed by atoms with Crippen LogP contribution in [-0.4, -0.2) is 5.84 Å². The van der Waals surface area contributed by atoms with Crippen LogP contribution in [0.4, 0.5) is 0 Å². The predicted octanol–water partition coefficient (Wildman–Crippen LogP) is 13.2. The summed E-state index contributed by atoms with van der Waals surface area (Å²) >= 11 is 0. The third kappa shape index (κ3) is 4.80. The van der Waals surface area contributed by atoms with Gasteiger partial charge in [-0.3, -0.25) is 5.32 Å². The highest BCUT2D eigenvalue weighted by Crippen LogP contribution is 2.65. The highest BCUT2D eigenvalue weighted by Gasteiger charge is 2.54. The first-order chi connectivity index (χ1) is 29.7. The van der Waals surface area contributed by atoms with Gasteiger partial charge in [0.25, 0.3) is 0 Å². The molecule has 1 aliphatic heterocycles.